The smallest absolute Gasteiger partial charge is 0.369 e. The molecule has 0 aliphatic carbocycles. The number of halogens is 4. The molecule has 0 aromatic rings. The number of nitrogens with one attached hydrogen (secondary N) is 2. The Balaban J connectivity index is 4.83. The zero-order valence-electron chi connectivity index (χ0n) is 20.9. The number of likely N-dealkylation sites (N-methyl/N-ethyl adjacent to an activating group) is 1. The first-order chi connectivity index (χ1) is 15.5. The van der Waals surface area contributed by atoms with Crippen molar-refractivity contribution in [3.05, 3.63) is 60.4 Å². The molecule has 2 N–H and O–H groups in total. The predicted molar refractivity (Wildman–Crippen MR) is 131 cm³/mol. The number of hydrogen-bond donors (Lipinski definition) is 2. The van der Waals surface area contributed by atoms with E-state index in [2.05, 4.69) is 34.7 Å². The number of nitrogens with zero attached hydrogens (tertiary/aromatic N) is 2. The molecule has 0 radical (unpaired) electrons. The lowest BCUT2D eigenvalue weighted by molar-refractivity contribution is -0.160. The van der Waals surface area contributed by atoms with E-state index in [1.165, 1.54) is 13.0 Å². The van der Waals surface area contributed by atoms with Gasteiger partial charge in [0.2, 0.25) is 0 Å². The molecule has 0 amide bonds. The summed E-state index contributed by atoms with van der Waals surface area (Å²) < 4.78 is 53.4. The van der Waals surface area contributed by atoms with Crippen LogP contribution in [0.25, 0.3) is 0 Å². The van der Waals surface area contributed by atoms with E-state index in [0.717, 1.165) is 24.3 Å². The summed E-state index contributed by atoms with van der Waals surface area (Å²) in [7, 11) is 3.46. The maximum atomic E-state index is 14.4. The van der Waals surface area contributed by atoms with Gasteiger partial charge in [0.05, 0.1) is 18.5 Å². The zero-order valence-corrected chi connectivity index (χ0v) is 20.9. The SMILES string of the molecule is C/C=C\C(C/C=C(/F)C(C)NC(CN(C)/C(C)=C/N/C=C/CC(C)/C=C/C)=NC)C(F)(F)F. The molecule has 0 aliphatic heterocycles. The molecule has 8 heteroatoms. The van der Waals surface area contributed by atoms with Crippen molar-refractivity contribution in [2.24, 2.45) is 16.8 Å². The van der Waals surface area contributed by atoms with Crippen molar-refractivity contribution in [1.82, 2.24) is 15.5 Å². The van der Waals surface area contributed by atoms with Crippen LogP contribution in [0.2, 0.25) is 0 Å². The van der Waals surface area contributed by atoms with Crippen molar-refractivity contribution in [1.29, 1.82) is 0 Å². The Morgan fingerprint density at radius 2 is 1.73 bits per heavy atom. The average Bonchev–Trinajstić information content (AvgIpc) is 2.74. The molecule has 0 saturated heterocycles. The Morgan fingerprint density at radius 3 is 2.27 bits per heavy atom. The average molecular weight is 473 g/mol. The largest absolute Gasteiger partial charge is 0.395 e. The second kappa shape index (κ2) is 16.2. The van der Waals surface area contributed by atoms with Gasteiger partial charge in [-0.3, -0.25) is 4.99 Å². The molecule has 0 aromatic heterocycles. The Morgan fingerprint density at radius 1 is 1.09 bits per heavy atom. The van der Waals surface area contributed by atoms with Crippen LogP contribution in [-0.2, 0) is 0 Å². The van der Waals surface area contributed by atoms with E-state index in [0.29, 0.717) is 18.3 Å². The van der Waals surface area contributed by atoms with E-state index in [1.807, 2.05) is 44.3 Å². The van der Waals surface area contributed by atoms with Crippen molar-refractivity contribution in [3.63, 3.8) is 0 Å². The van der Waals surface area contributed by atoms with Crippen LogP contribution in [0.4, 0.5) is 17.6 Å². The van der Waals surface area contributed by atoms with Gasteiger partial charge >= 0.3 is 6.18 Å². The second-order valence-electron chi connectivity index (χ2n) is 7.98. The van der Waals surface area contributed by atoms with Crippen molar-refractivity contribution >= 4 is 5.84 Å². The predicted octanol–water partition coefficient (Wildman–Crippen LogP) is 6.49. The Hall–Kier alpha value is -2.51. The lowest BCUT2D eigenvalue weighted by Gasteiger charge is -2.23. The lowest BCUT2D eigenvalue weighted by atomic mass is 10.0. The van der Waals surface area contributed by atoms with Crippen molar-refractivity contribution in [3.8, 4) is 0 Å². The second-order valence-corrected chi connectivity index (χ2v) is 7.98. The maximum absolute atomic E-state index is 14.4. The molecule has 0 aliphatic rings. The van der Waals surface area contributed by atoms with Gasteiger partial charge in [-0.25, -0.2) is 4.39 Å². The summed E-state index contributed by atoms with van der Waals surface area (Å²) in [5, 5.41) is 6.07. The van der Waals surface area contributed by atoms with E-state index in [4.69, 9.17) is 0 Å². The van der Waals surface area contributed by atoms with Gasteiger partial charge < -0.3 is 15.5 Å². The van der Waals surface area contributed by atoms with Crippen LogP contribution < -0.4 is 10.6 Å². The fourth-order valence-corrected chi connectivity index (χ4v) is 2.86. The molecule has 0 bridgehead atoms. The van der Waals surface area contributed by atoms with Crippen molar-refractivity contribution in [2.75, 3.05) is 20.6 Å². The van der Waals surface area contributed by atoms with Crippen LogP contribution in [0.1, 0.15) is 47.5 Å². The minimum Gasteiger partial charge on any atom is -0.369 e. The maximum Gasteiger partial charge on any atom is 0.395 e. The molecule has 4 nitrogen and oxygen atoms in total. The van der Waals surface area contributed by atoms with Gasteiger partial charge in [-0.1, -0.05) is 37.3 Å². The standard InChI is InChI=1S/C25H40F4N4/c1-8-11-19(3)13-10-16-31-17-20(4)33(7)18-24(30-6)32-21(5)23(26)15-14-22(12-9-2)25(27,28)29/h8-12,15-17,19,21-22,31H,13-14,18H2,1-7H3,(H,30,32)/b11-8+,12-9-,16-10+,20-17+,23-15+. The topological polar surface area (TPSA) is 39.7 Å². The first-order valence-electron chi connectivity index (χ1n) is 11.1. The van der Waals surface area contributed by atoms with Gasteiger partial charge in [0.15, 0.2) is 0 Å². The minimum absolute atomic E-state index is 0.393. The molecule has 3 atom stereocenters. The van der Waals surface area contributed by atoms with Gasteiger partial charge in [0.25, 0.3) is 0 Å². The number of aliphatic imine (C=N–C) groups is 1. The fraction of sp³-hybridized carbons (Fsp3) is 0.560. The number of amidine groups is 1. The third kappa shape index (κ3) is 13.6. The summed E-state index contributed by atoms with van der Waals surface area (Å²) in [6.07, 6.45) is 9.43. The molecule has 188 valence electrons. The van der Waals surface area contributed by atoms with E-state index in [1.54, 1.807) is 14.0 Å². The highest BCUT2D eigenvalue weighted by Gasteiger charge is 2.36. The Bertz CT molecular complexity index is 733. The summed E-state index contributed by atoms with van der Waals surface area (Å²) in [6, 6.07) is -0.791. The van der Waals surface area contributed by atoms with Crippen molar-refractivity contribution in [2.45, 2.75) is 59.7 Å². The number of hydrogen-bond acceptors (Lipinski definition) is 3. The van der Waals surface area contributed by atoms with Gasteiger partial charge in [-0.05, 0) is 58.7 Å². The van der Waals surface area contributed by atoms with Gasteiger partial charge in [0, 0.05) is 26.0 Å². The number of rotatable bonds is 13. The highest BCUT2D eigenvalue weighted by Crippen LogP contribution is 2.30. The van der Waals surface area contributed by atoms with Crippen LogP contribution >= 0.6 is 0 Å². The van der Waals surface area contributed by atoms with Crippen LogP contribution in [0.3, 0.4) is 0 Å². The molecule has 3 unspecified atom stereocenters. The molecular weight excluding hydrogens is 432 g/mol. The summed E-state index contributed by atoms with van der Waals surface area (Å²) in [4.78, 5) is 6.08. The molecule has 33 heavy (non-hydrogen) atoms. The summed E-state index contributed by atoms with van der Waals surface area (Å²) in [5.74, 6) is -1.35. The Kier molecular flexibility index (Phi) is 14.9. The van der Waals surface area contributed by atoms with E-state index in [-0.39, 0.29) is 0 Å². The van der Waals surface area contributed by atoms with E-state index >= 15 is 0 Å². The lowest BCUT2D eigenvalue weighted by Crippen LogP contribution is -2.40. The minimum atomic E-state index is -4.41. The summed E-state index contributed by atoms with van der Waals surface area (Å²) >= 11 is 0. The van der Waals surface area contributed by atoms with E-state index in [9.17, 15) is 17.6 Å². The molecule has 0 spiro atoms. The monoisotopic (exact) mass is 472 g/mol. The normalized spacial score (nSPS) is 17.1. The van der Waals surface area contributed by atoms with Gasteiger partial charge in [-0.15, -0.1) is 0 Å². The molecule has 0 aromatic carbocycles. The van der Waals surface area contributed by atoms with Crippen LogP contribution in [0.5, 0.6) is 0 Å². The van der Waals surface area contributed by atoms with Gasteiger partial charge in [-0.2, -0.15) is 13.2 Å². The highest BCUT2D eigenvalue weighted by molar-refractivity contribution is 5.84. The molecular formula is C25H40F4N4. The first kappa shape index (κ1) is 30.5. The highest BCUT2D eigenvalue weighted by atomic mass is 19.4. The first-order valence-corrected chi connectivity index (χ1v) is 11.1. The number of allylic oxidation sites excluding steroid dienone is 7. The summed E-state index contributed by atoms with van der Waals surface area (Å²) in [5.41, 5.74) is 0.937. The molecule has 0 saturated carbocycles. The molecule has 0 rings (SSSR count). The fourth-order valence-electron chi connectivity index (χ4n) is 2.86. The van der Waals surface area contributed by atoms with Crippen LogP contribution in [-0.4, -0.2) is 43.6 Å². The Labute approximate surface area is 196 Å². The van der Waals surface area contributed by atoms with E-state index < -0.39 is 30.4 Å². The summed E-state index contributed by atoms with van der Waals surface area (Å²) in [6.45, 7) is 9.54. The number of alkyl halides is 3. The third-order valence-electron chi connectivity index (χ3n) is 5.00. The third-order valence-corrected chi connectivity index (χ3v) is 5.00. The zero-order chi connectivity index (χ0) is 25.4. The van der Waals surface area contributed by atoms with Crippen molar-refractivity contribution < 1.29 is 17.6 Å². The van der Waals surface area contributed by atoms with Crippen LogP contribution in [0, 0.1) is 11.8 Å². The van der Waals surface area contributed by atoms with Crippen LogP contribution in [0.15, 0.2) is 65.4 Å². The quantitative estimate of drug-likeness (QED) is 0.139. The molecule has 0 heterocycles. The van der Waals surface area contributed by atoms with Gasteiger partial charge in [0.1, 0.15) is 11.7 Å². The molecule has 0 fully saturated rings.